The molecule has 12 N–H and O–H groups in total. The summed E-state index contributed by atoms with van der Waals surface area (Å²) in [4.78, 5) is 72.2. The Kier molecular flexibility index (Phi) is 32.5. The van der Waals surface area contributed by atoms with E-state index in [9.17, 15) is 28.8 Å². The van der Waals surface area contributed by atoms with E-state index in [1.807, 2.05) is 135 Å². The van der Waals surface area contributed by atoms with Crippen LogP contribution in [0.3, 0.4) is 0 Å². The van der Waals surface area contributed by atoms with Gasteiger partial charge in [-0.1, -0.05) is 18.2 Å². The predicted molar refractivity (Wildman–Crippen MR) is 429 cm³/mol. The summed E-state index contributed by atoms with van der Waals surface area (Å²) in [7, 11) is 17.6. The number of nitrogen functional groups attached to an aromatic ring is 1. The van der Waals surface area contributed by atoms with Gasteiger partial charge in [0.1, 0.15) is 18.1 Å². The zero-order valence-corrected chi connectivity index (χ0v) is 68.7. The largest absolute Gasteiger partial charge is 0.493 e. The summed E-state index contributed by atoms with van der Waals surface area (Å²) in [6.07, 6.45) is 4.16. The fourth-order valence-electron chi connectivity index (χ4n) is 13.2. The zero-order valence-electron chi connectivity index (χ0n) is 68.7. The molecule has 3 aliphatic carbocycles. The molecular formula is C83H117N9O19. The molecule has 6 aromatic rings. The van der Waals surface area contributed by atoms with Crippen LogP contribution in [0.15, 0.2) is 72.8 Å². The third kappa shape index (κ3) is 24.0. The molecule has 28 heteroatoms. The van der Waals surface area contributed by atoms with E-state index >= 15 is 0 Å². The van der Waals surface area contributed by atoms with Crippen LogP contribution in [-0.4, -0.2) is 173 Å². The zero-order chi connectivity index (χ0) is 82.6. The number of aliphatic carboxylic acids is 1. The first-order valence-electron chi connectivity index (χ1n) is 36.7. The van der Waals surface area contributed by atoms with Gasteiger partial charge in [0.05, 0.1) is 119 Å². The highest BCUT2D eigenvalue weighted by molar-refractivity contribution is 5.97. The van der Waals surface area contributed by atoms with Crippen molar-refractivity contribution in [1.29, 1.82) is 0 Å². The number of anilines is 3. The van der Waals surface area contributed by atoms with Gasteiger partial charge in [-0.3, -0.25) is 28.8 Å². The highest BCUT2D eigenvalue weighted by atomic mass is 16.5. The Morgan fingerprint density at radius 2 is 0.730 bits per heavy atom. The number of ether oxygens (including phenoxy) is 12. The first-order valence-corrected chi connectivity index (χ1v) is 36.7. The Balaban J connectivity index is 0.000000244. The number of rotatable bonds is 25. The van der Waals surface area contributed by atoms with Gasteiger partial charge in [0, 0.05) is 54.5 Å². The fourth-order valence-corrected chi connectivity index (χ4v) is 13.2. The summed E-state index contributed by atoms with van der Waals surface area (Å²) in [6.45, 7) is 22.3. The van der Waals surface area contributed by atoms with Gasteiger partial charge in [-0.15, -0.1) is 0 Å². The number of aryl methyl sites for hydroxylation is 3. The van der Waals surface area contributed by atoms with E-state index in [1.54, 1.807) is 78.1 Å². The number of nitrogens with two attached hydrogens (primary N) is 2. The van der Waals surface area contributed by atoms with E-state index in [0.29, 0.717) is 94.5 Å². The molecule has 0 aliphatic heterocycles. The molecule has 0 radical (unpaired) electrons. The maximum Gasteiger partial charge on any atom is 0.323 e. The van der Waals surface area contributed by atoms with Crippen molar-refractivity contribution < 1.29 is 90.7 Å². The summed E-state index contributed by atoms with van der Waals surface area (Å²) >= 11 is 0. The first kappa shape index (κ1) is 89.8. The SMILES string of the molecule is CN[C@@H](COC(C)(C)C)C(=O)Nc1ccc2c(c1)[C@@H](NC(C)=O)CCc1cc(OC)c(OC)c(OC)c1-2.CN[C@@H](COC(C)(C)C)C(=O)O.COc1cc2c(c(OC)c1OC)-c1ccc(N)cc1[C@@H](NC(C)=O)CC2.COc1cc2c(c(OC)c1OC)-c1ccc(NC(=O)[C@@H](N)COC(C)(C)C)cc1[C@@H](NC(C)=O)CC2. The molecule has 3 aliphatic rings. The first-order chi connectivity index (χ1) is 52.4. The molecule has 28 nitrogen and oxygen atoms in total. The molecule has 0 bridgehead atoms. The van der Waals surface area contributed by atoms with Crippen molar-refractivity contribution in [1.82, 2.24) is 26.6 Å². The molecule has 9 rings (SSSR count). The lowest BCUT2D eigenvalue weighted by Gasteiger charge is -2.24. The van der Waals surface area contributed by atoms with Crippen LogP contribution in [0.5, 0.6) is 51.7 Å². The molecule has 608 valence electrons. The molecular weight excluding hydrogens is 1430 g/mol. The molecule has 6 aromatic carbocycles. The minimum atomic E-state index is -0.887. The summed E-state index contributed by atoms with van der Waals surface area (Å²) < 4.78 is 67.5. The average molecular weight is 1540 g/mol. The number of amides is 5. The fraction of sp³-hybridized carbons (Fsp3) is 0.494. The number of methoxy groups -OCH3 is 9. The number of benzene rings is 6. The number of nitrogens with one attached hydrogen (secondary N) is 7. The van der Waals surface area contributed by atoms with Gasteiger partial charge in [-0.25, -0.2) is 0 Å². The topological polar surface area (TPSA) is 370 Å². The second kappa shape index (κ2) is 40.2. The van der Waals surface area contributed by atoms with Crippen molar-refractivity contribution in [2.75, 3.05) is 114 Å². The molecule has 0 heterocycles. The molecule has 6 atom stereocenters. The van der Waals surface area contributed by atoms with E-state index < -0.39 is 29.7 Å². The van der Waals surface area contributed by atoms with Crippen LogP contribution in [0, 0.1) is 0 Å². The smallest absolute Gasteiger partial charge is 0.323 e. The van der Waals surface area contributed by atoms with Gasteiger partial charge in [0.2, 0.25) is 46.8 Å². The lowest BCUT2D eigenvalue weighted by molar-refractivity contribution is -0.142. The van der Waals surface area contributed by atoms with Crippen molar-refractivity contribution in [3.05, 3.63) is 106 Å². The van der Waals surface area contributed by atoms with Crippen molar-refractivity contribution in [2.45, 2.75) is 175 Å². The molecule has 0 spiro atoms. The third-order valence-corrected chi connectivity index (χ3v) is 18.3. The van der Waals surface area contributed by atoms with Crippen LogP contribution >= 0.6 is 0 Å². The van der Waals surface area contributed by atoms with Crippen molar-refractivity contribution in [3.63, 3.8) is 0 Å². The number of carboxylic acid groups (broad SMARTS) is 1. The van der Waals surface area contributed by atoms with Gasteiger partial charge in [0.25, 0.3) is 0 Å². The lowest BCUT2D eigenvalue weighted by atomic mass is 9.93. The van der Waals surface area contributed by atoms with Crippen LogP contribution in [0.25, 0.3) is 33.4 Å². The Labute approximate surface area is 653 Å². The van der Waals surface area contributed by atoms with Crippen molar-refractivity contribution in [3.8, 4) is 85.1 Å². The van der Waals surface area contributed by atoms with Crippen LogP contribution in [0.1, 0.15) is 154 Å². The van der Waals surface area contributed by atoms with Gasteiger partial charge in [-0.2, -0.15) is 0 Å². The number of likely N-dealkylation sites (N-methyl/N-ethyl adjacent to an activating group) is 2. The normalized spacial score (nSPS) is 15.4. The van der Waals surface area contributed by atoms with Crippen molar-refractivity contribution >= 4 is 52.6 Å². The van der Waals surface area contributed by atoms with E-state index in [-0.39, 0.29) is 78.7 Å². The quantitative estimate of drug-likeness (QED) is 0.0238. The Bertz CT molecular complexity index is 4240. The van der Waals surface area contributed by atoms with E-state index in [2.05, 4.69) is 37.2 Å². The highest BCUT2D eigenvalue weighted by Crippen LogP contribution is 2.54. The van der Waals surface area contributed by atoms with Crippen molar-refractivity contribution in [2.24, 2.45) is 5.73 Å². The van der Waals surface area contributed by atoms with Crippen LogP contribution in [0.2, 0.25) is 0 Å². The number of carboxylic acids is 1. The summed E-state index contributed by atoms with van der Waals surface area (Å²) in [5, 5.41) is 29.3. The number of carbonyl (C=O) groups excluding carboxylic acids is 5. The Hall–Kier alpha value is -10.1. The average Bonchev–Trinajstić information content (AvgIpc) is 1.73. The molecule has 0 fully saturated rings. The summed E-state index contributed by atoms with van der Waals surface area (Å²) in [6, 6.07) is 20.3. The highest BCUT2D eigenvalue weighted by Gasteiger charge is 2.35. The van der Waals surface area contributed by atoms with Gasteiger partial charge >= 0.3 is 5.97 Å². The number of carbonyl (C=O) groups is 6. The maximum absolute atomic E-state index is 13.0. The molecule has 0 aromatic heterocycles. The van der Waals surface area contributed by atoms with Crippen LogP contribution < -0.4 is 91.3 Å². The maximum atomic E-state index is 13.0. The van der Waals surface area contributed by atoms with E-state index in [0.717, 1.165) is 79.6 Å². The standard InChI is InChI=1S/C28H39N3O6.C27H37N3O6.C20H24N2O4.C8H17NO3/c1-16(32)30-21-12-9-17-13-23(34-6)25(35-7)26(36-8)24(17)19-11-10-18(14-20(19)21)31-27(33)22(29-5)15-37-28(2,3)4;1-15(31)29-21-11-8-16-12-22(33-5)24(34-6)25(35-7)23(16)18-10-9-17(13-19(18)21)30-26(32)20(28)14-36-27(2,3)4;1-11(23)22-16-8-5-12-9-17(24-2)19(25-3)20(26-4)18(12)14-7-6-13(21)10-15(14)16;1-8(2,3)12-5-6(9-4)7(10)11/h10-11,13-14,21-22,29H,9,12,15H2,1-8H3,(H,30,32)(H,31,33);9-10,12-13,20-21H,8,11,14,28H2,1-7H3,(H,29,31)(H,30,32);6-7,9-10,16H,5,8,21H2,1-4H3,(H,22,23);6,9H,5H2,1-4H3,(H,10,11)/t21-,22-;20-,21-;16-;6-/m0000/s1. The molecule has 5 amide bonds. The van der Waals surface area contributed by atoms with Crippen LogP contribution in [-0.2, 0) is 62.2 Å². The minimum absolute atomic E-state index is 0.0727. The molecule has 0 saturated carbocycles. The summed E-state index contributed by atoms with van der Waals surface area (Å²) in [5.41, 5.74) is 24.2. The molecule has 111 heavy (non-hydrogen) atoms. The summed E-state index contributed by atoms with van der Waals surface area (Å²) in [5.74, 6) is 3.26. The predicted octanol–water partition coefficient (Wildman–Crippen LogP) is 11.0. The Morgan fingerprint density at radius 1 is 0.423 bits per heavy atom. The molecule has 0 unspecified atom stereocenters. The monoisotopic (exact) mass is 1540 g/mol. The van der Waals surface area contributed by atoms with Crippen LogP contribution in [0.4, 0.5) is 17.1 Å². The number of fused-ring (bicyclic) bond motifs is 9. The Morgan fingerprint density at radius 3 is 1.03 bits per heavy atom. The van der Waals surface area contributed by atoms with E-state index in [1.165, 1.54) is 20.8 Å². The second-order valence-electron chi connectivity index (χ2n) is 29.7. The molecule has 0 saturated heterocycles. The number of hydrogen-bond acceptors (Lipinski definition) is 22. The lowest BCUT2D eigenvalue weighted by Crippen LogP contribution is -2.43. The minimum Gasteiger partial charge on any atom is -0.493 e. The second-order valence-corrected chi connectivity index (χ2v) is 29.7. The van der Waals surface area contributed by atoms with Gasteiger partial charge < -0.3 is 111 Å². The number of hydrogen-bond donors (Lipinski definition) is 10. The third-order valence-electron chi connectivity index (χ3n) is 18.3. The van der Waals surface area contributed by atoms with Gasteiger partial charge in [-0.05, 0) is 220 Å². The van der Waals surface area contributed by atoms with Gasteiger partial charge in [0.15, 0.2) is 34.5 Å². The van der Waals surface area contributed by atoms with E-state index in [4.69, 9.17) is 73.4 Å².